The number of ether oxygens (including phenoxy) is 1. The average Bonchev–Trinajstić information content (AvgIpc) is 3.22. The van der Waals surface area contributed by atoms with Gasteiger partial charge in [-0.25, -0.2) is 0 Å². The van der Waals surface area contributed by atoms with Crippen molar-refractivity contribution in [3.05, 3.63) is 34.4 Å². The second-order valence-electron chi connectivity index (χ2n) is 5.87. The standard InChI is InChI=1S/C17H25NO2/c1-12-9-14(3)16(10-13(12)2)17(19)11-18(7-8-20-4)15-5-6-15/h9-10,15H,5-8,11H2,1-4H3. The van der Waals surface area contributed by atoms with Crippen molar-refractivity contribution < 1.29 is 9.53 Å². The molecule has 0 aromatic heterocycles. The molecule has 110 valence electrons. The maximum atomic E-state index is 12.6. The Kier molecular flexibility index (Phi) is 4.95. The third-order valence-corrected chi connectivity index (χ3v) is 4.13. The number of benzene rings is 1. The molecule has 20 heavy (non-hydrogen) atoms. The van der Waals surface area contributed by atoms with E-state index in [-0.39, 0.29) is 5.78 Å². The molecule has 0 atom stereocenters. The van der Waals surface area contributed by atoms with E-state index in [1.807, 2.05) is 13.0 Å². The Labute approximate surface area is 121 Å². The summed E-state index contributed by atoms with van der Waals surface area (Å²) in [5, 5.41) is 0. The van der Waals surface area contributed by atoms with Crippen LogP contribution in [-0.4, -0.2) is 43.5 Å². The molecule has 0 aliphatic heterocycles. The fourth-order valence-electron chi connectivity index (χ4n) is 2.57. The minimum Gasteiger partial charge on any atom is -0.383 e. The molecule has 1 fully saturated rings. The summed E-state index contributed by atoms with van der Waals surface area (Å²) < 4.78 is 5.14. The second-order valence-corrected chi connectivity index (χ2v) is 5.87. The van der Waals surface area contributed by atoms with Crippen LogP contribution in [0.15, 0.2) is 12.1 Å². The highest BCUT2D eigenvalue weighted by atomic mass is 16.5. The second kappa shape index (κ2) is 6.51. The topological polar surface area (TPSA) is 29.5 Å². The first-order valence-electron chi connectivity index (χ1n) is 7.37. The molecule has 2 rings (SSSR count). The third-order valence-electron chi connectivity index (χ3n) is 4.13. The molecule has 0 radical (unpaired) electrons. The number of aryl methyl sites for hydroxylation is 3. The van der Waals surface area contributed by atoms with Gasteiger partial charge in [-0.15, -0.1) is 0 Å². The summed E-state index contributed by atoms with van der Waals surface area (Å²) in [5.41, 5.74) is 4.39. The van der Waals surface area contributed by atoms with E-state index in [9.17, 15) is 4.79 Å². The Hall–Kier alpha value is -1.19. The number of rotatable bonds is 7. The van der Waals surface area contributed by atoms with Crippen LogP contribution in [-0.2, 0) is 4.74 Å². The van der Waals surface area contributed by atoms with Crippen LogP contribution in [0.3, 0.4) is 0 Å². The van der Waals surface area contributed by atoms with Crippen LogP contribution >= 0.6 is 0 Å². The number of nitrogens with zero attached hydrogens (tertiary/aromatic N) is 1. The molecule has 1 saturated carbocycles. The van der Waals surface area contributed by atoms with Crippen LogP contribution < -0.4 is 0 Å². The molecule has 3 heteroatoms. The molecule has 0 spiro atoms. The first-order chi connectivity index (χ1) is 9.52. The van der Waals surface area contributed by atoms with Crippen LogP contribution in [0.1, 0.15) is 39.9 Å². The van der Waals surface area contributed by atoms with Crippen molar-refractivity contribution in [2.45, 2.75) is 39.7 Å². The summed E-state index contributed by atoms with van der Waals surface area (Å²) in [6.45, 7) is 8.22. The van der Waals surface area contributed by atoms with Gasteiger partial charge in [-0.2, -0.15) is 0 Å². The molecule has 0 bridgehead atoms. The summed E-state index contributed by atoms with van der Waals surface area (Å²) in [7, 11) is 1.71. The van der Waals surface area contributed by atoms with E-state index in [2.05, 4.69) is 24.8 Å². The number of carbonyl (C=O) groups excluding carboxylic acids is 1. The van der Waals surface area contributed by atoms with Gasteiger partial charge in [-0.05, 0) is 56.4 Å². The van der Waals surface area contributed by atoms with Gasteiger partial charge in [0.1, 0.15) is 0 Å². The molecule has 0 heterocycles. The quantitative estimate of drug-likeness (QED) is 0.717. The molecule has 1 aromatic carbocycles. The predicted octanol–water partition coefficient (Wildman–Crippen LogP) is 2.91. The Morgan fingerprint density at radius 2 is 1.85 bits per heavy atom. The van der Waals surface area contributed by atoms with Gasteiger partial charge in [0, 0.05) is 25.3 Å². The fourth-order valence-corrected chi connectivity index (χ4v) is 2.57. The SMILES string of the molecule is COCCN(CC(=O)c1cc(C)c(C)cc1C)C1CC1. The zero-order chi connectivity index (χ0) is 14.7. The Morgan fingerprint density at radius 1 is 1.20 bits per heavy atom. The van der Waals surface area contributed by atoms with E-state index in [1.165, 1.54) is 24.0 Å². The smallest absolute Gasteiger partial charge is 0.177 e. The summed E-state index contributed by atoms with van der Waals surface area (Å²) in [4.78, 5) is 14.8. The van der Waals surface area contributed by atoms with Gasteiger partial charge < -0.3 is 4.74 Å². The van der Waals surface area contributed by atoms with Gasteiger partial charge in [0.15, 0.2) is 5.78 Å². The zero-order valence-corrected chi connectivity index (χ0v) is 13.0. The van der Waals surface area contributed by atoms with Gasteiger partial charge >= 0.3 is 0 Å². The van der Waals surface area contributed by atoms with Crippen molar-refractivity contribution in [2.75, 3.05) is 26.8 Å². The lowest BCUT2D eigenvalue weighted by Crippen LogP contribution is -2.34. The molecule has 0 saturated heterocycles. The highest BCUT2D eigenvalue weighted by Gasteiger charge is 2.30. The van der Waals surface area contributed by atoms with Gasteiger partial charge in [0.25, 0.3) is 0 Å². The van der Waals surface area contributed by atoms with Gasteiger partial charge in [-0.1, -0.05) is 6.07 Å². The minimum atomic E-state index is 0.230. The molecular formula is C17H25NO2. The highest BCUT2D eigenvalue weighted by molar-refractivity contribution is 5.99. The maximum Gasteiger partial charge on any atom is 0.177 e. The molecule has 1 aromatic rings. The van der Waals surface area contributed by atoms with Crippen molar-refractivity contribution in [3.8, 4) is 0 Å². The largest absolute Gasteiger partial charge is 0.383 e. The van der Waals surface area contributed by atoms with Crippen molar-refractivity contribution in [3.63, 3.8) is 0 Å². The number of hydrogen-bond donors (Lipinski definition) is 0. The molecule has 3 nitrogen and oxygen atoms in total. The molecular weight excluding hydrogens is 250 g/mol. The lowest BCUT2D eigenvalue weighted by molar-refractivity contribution is 0.0885. The summed E-state index contributed by atoms with van der Waals surface area (Å²) in [5.74, 6) is 0.230. The Morgan fingerprint density at radius 3 is 2.45 bits per heavy atom. The maximum absolute atomic E-state index is 12.6. The Balaban J connectivity index is 2.08. The lowest BCUT2D eigenvalue weighted by Gasteiger charge is -2.21. The molecule has 0 N–H and O–H groups in total. The number of methoxy groups -OCH3 is 1. The summed E-state index contributed by atoms with van der Waals surface area (Å²) >= 11 is 0. The van der Waals surface area contributed by atoms with Gasteiger partial charge in [0.05, 0.1) is 13.2 Å². The van der Waals surface area contributed by atoms with Crippen LogP contribution in [0.5, 0.6) is 0 Å². The van der Waals surface area contributed by atoms with Crippen molar-refractivity contribution >= 4 is 5.78 Å². The van der Waals surface area contributed by atoms with Gasteiger partial charge in [-0.3, -0.25) is 9.69 Å². The van der Waals surface area contributed by atoms with E-state index >= 15 is 0 Å². The van der Waals surface area contributed by atoms with Gasteiger partial charge in [0.2, 0.25) is 0 Å². The number of hydrogen-bond acceptors (Lipinski definition) is 3. The zero-order valence-electron chi connectivity index (χ0n) is 13.0. The van der Waals surface area contributed by atoms with E-state index in [0.29, 0.717) is 19.2 Å². The fraction of sp³-hybridized carbons (Fsp3) is 0.588. The van der Waals surface area contributed by atoms with Crippen LogP contribution in [0, 0.1) is 20.8 Å². The minimum absolute atomic E-state index is 0.230. The monoisotopic (exact) mass is 275 g/mol. The summed E-state index contributed by atoms with van der Waals surface area (Å²) in [6, 6.07) is 4.73. The molecule has 1 aliphatic rings. The highest BCUT2D eigenvalue weighted by Crippen LogP contribution is 2.27. The van der Waals surface area contributed by atoms with Crippen LogP contribution in [0.25, 0.3) is 0 Å². The first kappa shape index (κ1) is 15.2. The Bertz CT molecular complexity index is 492. The third kappa shape index (κ3) is 3.68. The molecule has 0 amide bonds. The van der Waals surface area contributed by atoms with E-state index in [0.717, 1.165) is 17.7 Å². The van der Waals surface area contributed by atoms with E-state index in [1.54, 1.807) is 7.11 Å². The predicted molar refractivity (Wildman–Crippen MR) is 81.5 cm³/mol. The van der Waals surface area contributed by atoms with Crippen LogP contribution in [0.4, 0.5) is 0 Å². The number of Topliss-reactive ketones (excluding diaryl/α,β-unsaturated/α-hetero) is 1. The summed E-state index contributed by atoms with van der Waals surface area (Å²) in [6.07, 6.45) is 2.42. The van der Waals surface area contributed by atoms with E-state index in [4.69, 9.17) is 4.74 Å². The first-order valence-corrected chi connectivity index (χ1v) is 7.37. The lowest BCUT2D eigenvalue weighted by atomic mass is 9.98. The van der Waals surface area contributed by atoms with Crippen LogP contribution in [0.2, 0.25) is 0 Å². The number of ketones is 1. The van der Waals surface area contributed by atoms with E-state index < -0.39 is 0 Å². The normalized spacial score (nSPS) is 14.8. The van der Waals surface area contributed by atoms with Crippen molar-refractivity contribution in [2.24, 2.45) is 0 Å². The number of carbonyl (C=O) groups is 1. The molecule has 1 aliphatic carbocycles. The molecule has 0 unspecified atom stereocenters. The van der Waals surface area contributed by atoms with Crippen molar-refractivity contribution in [1.29, 1.82) is 0 Å². The average molecular weight is 275 g/mol. The van der Waals surface area contributed by atoms with Crippen molar-refractivity contribution in [1.82, 2.24) is 4.90 Å².